The van der Waals surface area contributed by atoms with Crippen LogP contribution in [0.4, 0.5) is 0 Å². The molecule has 1 aromatic heterocycles. The van der Waals surface area contributed by atoms with E-state index in [4.69, 9.17) is 4.42 Å². The van der Waals surface area contributed by atoms with Crippen molar-refractivity contribution in [1.82, 2.24) is 10.2 Å². The van der Waals surface area contributed by atoms with Gasteiger partial charge in [-0.2, -0.15) is 0 Å². The van der Waals surface area contributed by atoms with E-state index in [1.807, 2.05) is 0 Å². The molecule has 1 aliphatic carbocycles. The lowest BCUT2D eigenvalue weighted by atomic mass is 9.76. The molecule has 0 fully saturated rings. The van der Waals surface area contributed by atoms with Crippen LogP contribution in [0.15, 0.2) is 52.8 Å². The van der Waals surface area contributed by atoms with E-state index in [1.54, 1.807) is 0 Å². The molecule has 0 N–H and O–H groups in total. The summed E-state index contributed by atoms with van der Waals surface area (Å²) in [7, 11) is 0. The van der Waals surface area contributed by atoms with Gasteiger partial charge < -0.3 is 4.42 Å². The monoisotopic (exact) mass is 240 g/mol. The SMILES string of the molecule is CC1=CC[C@H](c2nnco2)[C@H](c2ccccc2)C1. The maximum atomic E-state index is 5.41. The first kappa shape index (κ1) is 11.2. The first-order valence-electron chi connectivity index (χ1n) is 6.31. The first-order chi connectivity index (χ1) is 8.84. The highest BCUT2D eigenvalue weighted by molar-refractivity contribution is 5.28. The van der Waals surface area contributed by atoms with Gasteiger partial charge in [0.1, 0.15) is 0 Å². The van der Waals surface area contributed by atoms with Crippen LogP contribution >= 0.6 is 0 Å². The van der Waals surface area contributed by atoms with Crippen molar-refractivity contribution in [3.05, 3.63) is 59.8 Å². The molecule has 1 aliphatic rings. The van der Waals surface area contributed by atoms with Gasteiger partial charge in [-0.3, -0.25) is 0 Å². The maximum absolute atomic E-state index is 5.41. The van der Waals surface area contributed by atoms with Crippen LogP contribution in [0.25, 0.3) is 0 Å². The Labute approximate surface area is 107 Å². The second kappa shape index (κ2) is 4.77. The molecule has 3 nitrogen and oxygen atoms in total. The summed E-state index contributed by atoms with van der Waals surface area (Å²) >= 11 is 0. The quantitative estimate of drug-likeness (QED) is 0.752. The predicted octanol–water partition coefficient (Wildman–Crippen LogP) is 3.68. The van der Waals surface area contributed by atoms with Gasteiger partial charge in [0.05, 0.1) is 0 Å². The molecule has 3 rings (SSSR count). The van der Waals surface area contributed by atoms with Crippen molar-refractivity contribution in [2.45, 2.75) is 31.6 Å². The Morgan fingerprint density at radius 3 is 2.72 bits per heavy atom. The number of allylic oxidation sites excluding steroid dienone is 2. The Kier molecular flexibility index (Phi) is 2.97. The topological polar surface area (TPSA) is 38.9 Å². The van der Waals surface area contributed by atoms with Gasteiger partial charge in [0.15, 0.2) is 0 Å². The van der Waals surface area contributed by atoms with Crippen LogP contribution in [0.1, 0.15) is 43.1 Å². The second-order valence-corrected chi connectivity index (χ2v) is 4.89. The minimum Gasteiger partial charge on any atom is -0.428 e. The minimum absolute atomic E-state index is 0.304. The number of benzene rings is 1. The van der Waals surface area contributed by atoms with Gasteiger partial charge in [-0.05, 0) is 31.2 Å². The summed E-state index contributed by atoms with van der Waals surface area (Å²) in [6.45, 7) is 2.19. The molecule has 0 bridgehead atoms. The summed E-state index contributed by atoms with van der Waals surface area (Å²) in [5.41, 5.74) is 2.80. The standard InChI is InChI=1S/C15H16N2O/c1-11-7-8-13(15-17-16-10-18-15)14(9-11)12-5-3-2-4-6-12/h2-7,10,13-14H,8-9H2,1H3/t13-,14-/m0/s1. The van der Waals surface area contributed by atoms with Crippen LogP contribution in [0.3, 0.4) is 0 Å². The van der Waals surface area contributed by atoms with E-state index in [9.17, 15) is 0 Å². The van der Waals surface area contributed by atoms with Crippen LogP contribution in [-0.4, -0.2) is 10.2 Å². The van der Waals surface area contributed by atoms with Gasteiger partial charge in [-0.1, -0.05) is 42.0 Å². The van der Waals surface area contributed by atoms with Crippen LogP contribution in [0.2, 0.25) is 0 Å². The third kappa shape index (κ3) is 2.08. The van der Waals surface area contributed by atoms with E-state index in [1.165, 1.54) is 17.5 Å². The molecule has 2 atom stereocenters. The number of hydrogen-bond donors (Lipinski definition) is 0. The fourth-order valence-corrected chi connectivity index (χ4v) is 2.73. The fourth-order valence-electron chi connectivity index (χ4n) is 2.73. The molecule has 0 unspecified atom stereocenters. The molecular weight excluding hydrogens is 224 g/mol. The molecule has 0 saturated carbocycles. The molecule has 0 spiro atoms. The molecule has 2 aromatic rings. The summed E-state index contributed by atoms with van der Waals surface area (Å²) in [6.07, 6.45) is 5.75. The molecular formula is C15H16N2O. The molecule has 18 heavy (non-hydrogen) atoms. The van der Waals surface area contributed by atoms with E-state index < -0.39 is 0 Å². The molecule has 0 amide bonds. The molecule has 3 heteroatoms. The predicted molar refractivity (Wildman–Crippen MR) is 69.2 cm³/mol. The van der Waals surface area contributed by atoms with Gasteiger partial charge in [0.2, 0.25) is 12.3 Å². The second-order valence-electron chi connectivity index (χ2n) is 4.89. The lowest BCUT2D eigenvalue weighted by Crippen LogP contribution is -2.15. The summed E-state index contributed by atoms with van der Waals surface area (Å²) in [5.74, 6) is 1.50. The first-order valence-corrected chi connectivity index (χ1v) is 6.31. The average molecular weight is 240 g/mol. The van der Waals surface area contributed by atoms with Crippen LogP contribution in [-0.2, 0) is 0 Å². The van der Waals surface area contributed by atoms with Crippen LogP contribution in [0.5, 0.6) is 0 Å². The largest absolute Gasteiger partial charge is 0.428 e. The molecule has 0 radical (unpaired) electrons. The lowest BCUT2D eigenvalue weighted by molar-refractivity contribution is 0.391. The number of nitrogens with zero attached hydrogens (tertiary/aromatic N) is 2. The summed E-state index contributed by atoms with van der Waals surface area (Å²) in [4.78, 5) is 0. The van der Waals surface area contributed by atoms with E-state index in [2.05, 4.69) is 53.5 Å². The van der Waals surface area contributed by atoms with Crippen molar-refractivity contribution in [2.75, 3.05) is 0 Å². The Morgan fingerprint density at radius 1 is 1.17 bits per heavy atom. The molecule has 92 valence electrons. The van der Waals surface area contributed by atoms with Crippen molar-refractivity contribution >= 4 is 0 Å². The zero-order chi connectivity index (χ0) is 12.4. The third-order valence-electron chi connectivity index (χ3n) is 3.67. The zero-order valence-corrected chi connectivity index (χ0v) is 10.4. The average Bonchev–Trinajstić information content (AvgIpc) is 2.93. The highest BCUT2D eigenvalue weighted by Crippen LogP contribution is 2.42. The number of hydrogen-bond acceptors (Lipinski definition) is 3. The van der Waals surface area contributed by atoms with E-state index >= 15 is 0 Å². The van der Waals surface area contributed by atoms with Gasteiger partial charge in [-0.25, -0.2) is 0 Å². The molecule has 1 heterocycles. The smallest absolute Gasteiger partial charge is 0.220 e. The fraction of sp³-hybridized carbons (Fsp3) is 0.333. The zero-order valence-electron chi connectivity index (χ0n) is 10.4. The Balaban J connectivity index is 1.96. The maximum Gasteiger partial charge on any atom is 0.220 e. The van der Waals surface area contributed by atoms with Crippen LogP contribution < -0.4 is 0 Å². The van der Waals surface area contributed by atoms with Gasteiger partial charge >= 0.3 is 0 Å². The van der Waals surface area contributed by atoms with Crippen molar-refractivity contribution in [3.8, 4) is 0 Å². The molecule has 0 aliphatic heterocycles. The van der Waals surface area contributed by atoms with E-state index in [0.29, 0.717) is 11.8 Å². The van der Waals surface area contributed by atoms with Crippen molar-refractivity contribution in [1.29, 1.82) is 0 Å². The summed E-state index contributed by atoms with van der Waals surface area (Å²) in [6, 6.07) is 10.6. The summed E-state index contributed by atoms with van der Waals surface area (Å²) in [5, 5.41) is 7.90. The van der Waals surface area contributed by atoms with E-state index in [-0.39, 0.29) is 0 Å². The Morgan fingerprint density at radius 2 is 2.00 bits per heavy atom. The molecule has 1 aromatic carbocycles. The summed E-state index contributed by atoms with van der Waals surface area (Å²) < 4.78 is 5.41. The van der Waals surface area contributed by atoms with Gasteiger partial charge in [0, 0.05) is 5.92 Å². The normalized spacial score (nSPS) is 23.7. The van der Waals surface area contributed by atoms with Gasteiger partial charge in [0.25, 0.3) is 0 Å². The van der Waals surface area contributed by atoms with Crippen molar-refractivity contribution in [3.63, 3.8) is 0 Å². The number of rotatable bonds is 2. The Hall–Kier alpha value is -1.90. The Bertz CT molecular complexity index is 531. The van der Waals surface area contributed by atoms with Crippen molar-refractivity contribution < 1.29 is 4.42 Å². The highest BCUT2D eigenvalue weighted by Gasteiger charge is 2.30. The molecule has 0 saturated heterocycles. The van der Waals surface area contributed by atoms with Gasteiger partial charge in [-0.15, -0.1) is 10.2 Å². The number of aromatic nitrogens is 2. The minimum atomic E-state index is 0.304. The van der Waals surface area contributed by atoms with E-state index in [0.717, 1.165) is 18.7 Å². The highest BCUT2D eigenvalue weighted by atomic mass is 16.4. The lowest BCUT2D eigenvalue weighted by Gasteiger charge is -2.28. The van der Waals surface area contributed by atoms with Crippen LogP contribution in [0, 0.1) is 0 Å². The third-order valence-corrected chi connectivity index (χ3v) is 3.67. The van der Waals surface area contributed by atoms with Crippen molar-refractivity contribution in [2.24, 2.45) is 0 Å².